The molecule has 0 radical (unpaired) electrons. The van der Waals surface area contributed by atoms with E-state index in [2.05, 4.69) is 42.5 Å². The van der Waals surface area contributed by atoms with Gasteiger partial charge in [-0.15, -0.1) is 10.2 Å². The Morgan fingerprint density at radius 3 is 2.53 bits per heavy atom. The lowest BCUT2D eigenvalue weighted by Crippen LogP contribution is -2.11. The van der Waals surface area contributed by atoms with Crippen LogP contribution in [0.3, 0.4) is 0 Å². The minimum Gasteiger partial charge on any atom is -0.324 e. The van der Waals surface area contributed by atoms with Crippen LogP contribution in [0.1, 0.15) is 52.4 Å². The van der Waals surface area contributed by atoms with Gasteiger partial charge >= 0.3 is 0 Å². The van der Waals surface area contributed by atoms with Gasteiger partial charge in [-0.05, 0) is 19.8 Å². The summed E-state index contributed by atoms with van der Waals surface area (Å²) < 4.78 is 2.14. The second-order valence-electron chi connectivity index (χ2n) is 4.77. The molecule has 0 aliphatic heterocycles. The van der Waals surface area contributed by atoms with E-state index in [0.29, 0.717) is 12.6 Å². The molecule has 2 N–H and O–H groups in total. The predicted molar refractivity (Wildman–Crippen MR) is 73.1 cm³/mol. The van der Waals surface area contributed by atoms with Crippen LogP contribution < -0.4 is 5.73 Å². The Morgan fingerprint density at radius 2 is 2.00 bits per heavy atom. The van der Waals surface area contributed by atoms with Gasteiger partial charge in [0.25, 0.3) is 0 Å². The average molecular weight is 256 g/mol. The first-order valence-electron chi connectivity index (χ1n) is 6.36. The molecule has 1 aromatic rings. The highest BCUT2D eigenvalue weighted by atomic mass is 32.2. The van der Waals surface area contributed by atoms with Crippen molar-refractivity contribution in [1.29, 1.82) is 0 Å². The van der Waals surface area contributed by atoms with Crippen molar-refractivity contribution in [2.75, 3.05) is 5.75 Å². The van der Waals surface area contributed by atoms with E-state index in [0.717, 1.165) is 22.7 Å². The van der Waals surface area contributed by atoms with Crippen molar-refractivity contribution in [3.63, 3.8) is 0 Å². The third kappa shape index (κ3) is 4.00. The molecule has 1 atom stereocenters. The van der Waals surface area contributed by atoms with Crippen LogP contribution in [0.4, 0.5) is 0 Å². The molecule has 0 fully saturated rings. The molecule has 4 nitrogen and oxygen atoms in total. The molecule has 0 spiro atoms. The zero-order valence-electron chi connectivity index (χ0n) is 11.3. The van der Waals surface area contributed by atoms with Crippen LogP contribution in [0, 0.1) is 5.92 Å². The summed E-state index contributed by atoms with van der Waals surface area (Å²) in [6, 6.07) is 0.368. The van der Waals surface area contributed by atoms with Crippen LogP contribution >= 0.6 is 11.8 Å². The van der Waals surface area contributed by atoms with Crippen molar-refractivity contribution in [2.45, 2.75) is 58.3 Å². The largest absolute Gasteiger partial charge is 0.324 e. The first kappa shape index (κ1) is 14.5. The standard InChI is InChI=1S/C12H24N4S/c1-5-6-10(4)8-17-12-15-14-11(7-13)16(12)9(2)3/h9-10H,5-8,13H2,1-4H3. The molecule has 0 aliphatic carbocycles. The third-order valence-electron chi connectivity index (χ3n) is 2.71. The summed E-state index contributed by atoms with van der Waals surface area (Å²) in [5.74, 6) is 2.71. The van der Waals surface area contributed by atoms with Gasteiger partial charge in [0.1, 0.15) is 5.82 Å². The minimum atomic E-state index is 0.368. The van der Waals surface area contributed by atoms with E-state index in [-0.39, 0.29) is 0 Å². The van der Waals surface area contributed by atoms with Crippen LogP contribution in [0.2, 0.25) is 0 Å². The van der Waals surface area contributed by atoms with Gasteiger partial charge < -0.3 is 10.3 Å². The van der Waals surface area contributed by atoms with Crippen LogP contribution in [-0.4, -0.2) is 20.5 Å². The Bertz CT molecular complexity index is 335. The first-order chi connectivity index (χ1) is 8.10. The van der Waals surface area contributed by atoms with Gasteiger partial charge in [-0.1, -0.05) is 38.5 Å². The lowest BCUT2D eigenvalue weighted by Gasteiger charge is -2.14. The smallest absolute Gasteiger partial charge is 0.191 e. The topological polar surface area (TPSA) is 56.7 Å². The fourth-order valence-electron chi connectivity index (χ4n) is 1.86. The van der Waals surface area contributed by atoms with Gasteiger partial charge in [-0.3, -0.25) is 0 Å². The van der Waals surface area contributed by atoms with Crippen LogP contribution in [0.5, 0.6) is 0 Å². The van der Waals surface area contributed by atoms with Gasteiger partial charge in [-0.2, -0.15) is 0 Å². The summed E-state index contributed by atoms with van der Waals surface area (Å²) >= 11 is 1.79. The quantitative estimate of drug-likeness (QED) is 0.762. The van der Waals surface area contributed by atoms with Crippen LogP contribution in [0.25, 0.3) is 0 Å². The number of thioether (sulfide) groups is 1. The van der Waals surface area contributed by atoms with Gasteiger partial charge in [0.2, 0.25) is 0 Å². The van der Waals surface area contributed by atoms with Crippen LogP contribution in [0.15, 0.2) is 5.16 Å². The SMILES string of the molecule is CCCC(C)CSc1nnc(CN)n1C(C)C. The molecular formula is C12H24N4S. The average Bonchev–Trinajstić information content (AvgIpc) is 2.69. The molecule has 0 saturated heterocycles. The molecule has 1 aromatic heterocycles. The number of hydrogen-bond donors (Lipinski definition) is 1. The molecule has 17 heavy (non-hydrogen) atoms. The van der Waals surface area contributed by atoms with Crippen molar-refractivity contribution in [2.24, 2.45) is 11.7 Å². The molecule has 1 rings (SSSR count). The highest BCUT2D eigenvalue weighted by molar-refractivity contribution is 7.99. The van der Waals surface area contributed by atoms with E-state index in [9.17, 15) is 0 Å². The second kappa shape index (κ2) is 7.01. The minimum absolute atomic E-state index is 0.368. The van der Waals surface area contributed by atoms with Gasteiger partial charge in [-0.25, -0.2) is 0 Å². The normalized spacial score (nSPS) is 13.3. The summed E-state index contributed by atoms with van der Waals surface area (Å²) in [5, 5.41) is 9.39. The van der Waals surface area contributed by atoms with E-state index in [4.69, 9.17) is 5.73 Å². The molecular weight excluding hydrogens is 232 g/mol. The van der Waals surface area contributed by atoms with E-state index in [1.807, 2.05) is 0 Å². The molecule has 98 valence electrons. The Labute approximate surface area is 108 Å². The van der Waals surface area contributed by atoms with Crippen molar-refractivity contribution in [3.05, 3.63) is 5.82 Å². The fourth-order valence-corrected chi connectivity index (χ4v) is 3.01. The van der Waals surface area contributed by atoms with Crippen molar-refractivity contribution in [3.8, 4) is 0 Å². The zero-order chi connectivity index (χ0) is 12.8. The van der Waals surface area contributed by atoms with Gasteiger partial charge in [0.15, 0.2) is 5.16 Å². The maximum atomic E-state index is 5.67. The van der Waals surface area contributed by atoms with Crippen molar-refractivity contribution < 1.29 is 0 Å². The number of nitrogens with zero attached hydrogens (tertiary/aromatic N) is 3. The number of hydrogen-bond acceptors (Lipinski definition) is 4. The Balaban J connectivity index is 2.67. The maximum absolute atomic E-state index is 5.67. The first-order valence-corrected chi connectivity index (χ1v) is 7.35. The summed E-state index contributed by atoms with van der Waals surface area (Å²) in [5.41, 5.74) is 5.67. The summed E-state index contributed by atoms with van der Waals surface area (Å²) in [7, 11) is 0. The van der Waals surface area contributed by atoms with E-state index >= 15 is 0 Å². The van der Waals surface area contributed by atoms with E-state index < -0.39 is 0 Å². The Morgan fingerprint density at radius 1 is 1.29 bits per heavy atom. The predicted octanol–water partition coefficient (Wildman–Crippen LogP) is 2.85. The molecule has 1 unspecified atom stereocenters. The molecule has 5 heteroatoms. The maximum Gasteiger partial charge on any atom is 0.191 e. The molecule has 0 aliphatic rings. The monoisotopic (exact) mass is 256 g/mol. The Kier molecular flexibility index (Phi) is 5.98. The van der Waals surface area contributed by atoms with Crippen molar-refractivity contribution >= 4 is 11.8 Å². The zero-order valence-corrected chi connectivity index (χ0v) is 12.1. The highest BCUT2D eigenvalue weighted by Gasteiger charge is 2.14. The molecule has 0 aromatic carbocycles. The second-order valence-corrected chi connectivity index (χ2v) is 5.76. The molecule has 0 bridgehead atoms. The lowest BCUT2D eigenvalue weighted by atomic mass is 10.1. The number of nitrogens with two attached hydrogens (primary N) is 1. The summed E-state index contributed by atoms with van der Waals surface area (Å²) in [6.07, 6.45) is 2.51. The summed E-state index contributed by atoms with van der Waals surface area (Å²) in [4.78, 5) is 0. The third-order valence-corrected chi connectivity index (χ3v) is 3.98. The fraction of sp³-hybridized carbons (Fsp3) is 0.833. The summed E-state index contributed by atoms with van der Waals surface area (Å²) in [6.45, 7) is 9.25. The van der Waals surface area contributed by atoms with Gasteiger partial charge in [0, 0.05) is 11.8 Å². The van der Waals surface area contributed by atoms with E-state index in [1.54, 1.807) is 11.8 Å². The highest BCUT2D eigenvalue weighted by Crippen LogP contribution is 2.24. The molecule has 1 heterocycles. The van der Waals surface area contributed by atoms with Crippen LogP contribution in [-0.2, 0) is 6.54 Å². The molecule has 0 saturated carbocycles. The lowest BCUT2D eigenvalue weighted by molar-refractivity contribution is 0.524. The number of rotatable bonds is 7. The molecule has 0 amide bonds. The van der Waals surface area contributed by atoms with Gasteiger partial charge in [0.05, 0.1) is 6.54 Å². The van der Waals surface area contributed by atoms with E-state index in [1.165, 1.54) is 12.8 Å². The Hall–Kier alpha value is -0.550. The van der Waals surface area contributed by atoms with Crippen molar-refractivity contribution in [1.82, 2.24) is 14.8 Å². The number of aromatic nitrogens is 3.